The molecule has 0 atom stereocenters. The summed E-state index contributed by atoms with van der Waals surface area (Å²) in [6.07, 6.45) is 7.27. The summed E-state index contributed by atoms with van der Waals surface area (Å²) in [4.78, 5) is 10.2. The summed E-state index contributed by atoms with van der Waals surface area (Å²) in [5.74, 6) is 0. The largest absolute Gasteiger partial charge is 0.472 e. The van der Waals surface area contributed by atoms with E-state index in [-0.39, 0.29) is 0 Å². The van der Waals surface area contributed by atoms with Gasteiger partial charge in [-0.15, -0.1) is 5.10 Å². The number of hydrogen-bond acceptors (Lipinski definition) is 3. The molecule has 0 saturated heterocycles. The highest BCUT2D eigenvalue weighted by Crippen LogP contribution is 2.09. The van der Waals surface area contributed by atoms with Crippen LogP contribution in [0, 0.1) is 0 Å². The molecule has 6 nitrogen and oxygen atoms in total. The van der Waals surface area contributed by atoms with Crippen molar-refractivity contribution >= 4 is 17.1 Å². The fraction of sp³-hybridized carbons (Fsp3) is 0.667. The average Bonchev–Trinajstić information content (AvgIpc) is 3.10. The van der Waals surface area contributed by atoms with E-state index < -0.39 is 0 Å². The van der Waals surface area contributed by atoms with E-state index in [2.05, 4.69) is 47.5 Å². The fourth-order valence-corrected chi connectivity index (χ4v) is 3.21. The maximum Gasteiger partial charge on any atom is 0.472 e. The summed E-state index contributed by atoms with van der Waals surface area (Å²) in [5, 5.41) is 8.46. The van der Waals surface area contributed by atoms with Crippen molar-refractivity contribution in [2.45, 2.75) is 66.2 Å². The van der Waals surface area contributed by atoms with Crippen LogP contribution in [0.2, 0.25) is 0 Å². The minimum Gasteiger partial charge on any atom is -0.278 e. The summed E-state index contributed by atoms with van der Waals surface area (Å²) >= 11 is 0. The Bertz CT molecular complexity index is 693. The minimum atomic E-state index is 0.847. The molecule has 150 valence electrons. The molecule has 0 aliphatic heterocycles. The molecule has 1 aromatic heterocycles. The van der Waals surface area contributed by atoms with Crippen LogP contribution in [0.25, 0.3) is 11.0 Å². The number of amidine groups is 1. The zero-order valence-corrected chi connectivity index (χ0v) is 17.5. The van der Waals surface area contributed by atoms with Gasteiger partial charge in [0.25, 0.3) is 0 Å². The highest BCUT2D eigenvalue weighted by molar-refractivity contribution is 5.75. The summed E-state index contributed by atoms with van der Waals surface area (Å²) in [5.41, 5.74) is 1.74. The standard InChI is InChI=1S/C21H36N5O/c1-5-9-13-17-25(18-14-10-6-2)21(24(7-3)8-4)27-26-20-16-12-11-15-19(20)22-23-26/h11-12,15-16H,5-10,13-14,17-18H2,1-4H3/q+1. The van der Waals surface area contributed by atoms with Crippen LogP contribution in [0.15, 0.2) is 24.3 Å². The lowest BCUT2D eigenvalue weighted by Gasteiger charge is -2.19. The van der Waals surface area contributed by atoms with Gasteiger partial charge in [0.05, 0.1) is 26.2 Å². The molecule has 0 unspecified atom stereocenters. The molecule has 1 aromatic carbocycles. The van der Waals surface area contributed by atoms with Crippen molar-refractivity contribution in [1.29, 1.82) is 0 Å². The third-order valence-corrected chi connectivity index (χ3v) is 4.86. The normalized spacial score (nSPS) is 11.0. The van der Waals surface area contributed by atoms with E-state index in [1.54, 1.807) is 4.85 Å². The van der Waals surface area contributed by atoms with Crippen LogP contribution in [-0.2, 0) is 0 Å². The van der Waals surface area contributed by atoms with Crippen LogP contribution in [0.1, 0.15) is 66.2 Å². The van der Waals surface area contributed by atoms with Crippen molar-refractivity contribution < 1.29 is 9.41 Å². The Morgan fingerprint density at radius 2 is 1.59 bits per heavy atom. The first-order valence-electron chi connectivity index (χ1n) is 10.6. The minimum absolute atomic E-state index is 0.847. The molecule has 0 radical (unpaired) electrons. The molecule has 2 aromatic rings. The van der Waals surface area contributed by atoms with Gasteiger partial charge in [-0.1, -0.05) is 43.7 Å². The predicted octanol–water partition coefficient (Wildman–Crippen LogP) is 3.95. The van der Waals surface area contributed by atoms with E-state index in [0.29, 0.717) is 0 Å². The van der Waals surface area contributed by atoms with Gasteiger partial charge in [0, 0.05) is 0 Å². The molecule has 6 heteroatoms. The lowest BCUT2D eigenvalue weighted by Crippen LogP contribution is -2.45. The number of rotatable bonds is 11. The second-order valence-electron chi connectivity index (χ2n) is 6.90. The first-order chi connectivity index (χ1) is 13.2. The van der Waals surface area contributed by atoms with Crippen LogP contribution in [0.3, 0.4) is 0 Å². The molecule has 0 amide bonds. The van der Waals surface area contributed by atoms with Gasteiger partial charge >= 0.3 is 6.02 Å². The smallest absolute Gasteiger partial charge is 0.278 e. The van der Waals surface area contributed by atoms with Crippen LogP contribution in [0.5, 0.6) is 0 Å². The van der Waals surface area contributed by atoms with Crippen LogP contribution in [0.4, 0.5) is 0 Å². The van der Waals surface area contributed by atoms with Gasteiger partial charge in [-0.25, -0.2) is 9.48 Å². The lowest BCUT2D eigenvalue weighted by molar-refractivity contribution is -0.543. The highest BCUT2D eigenvalue weighted by Gasteiger charge is 2.25. The second kappa shape index (κ2) is 11.6. The van der Waals surface area contributed by atoms with E-state index in [9.17, 15) is 0 Å². The molecule has 2 rings (SSSR count). The van der Waals surface area contributed by atoms with Gasteiger partial charge < -0.3 is 0 Å². The Morgan fingerprint density at radius 1 is 0.963 bits per heavy atom. The third-order valence-electron chi connectivity index (χ3n) is 4.86. The third kappa shape index (κ3) is 5.94. The van der Waals surface area contributed by atoms with Gasteiger partial charge in [-0.2, -0.15) is 0 Å². The molecule has 1 heterocycles. The van der Waals surface area contributed by atoms with Crippen molar-refractivity contribution in [3.05, 3.63) is 24.3 Å². The Labute approximate surface area is 163 Å². The zero-order valence-electron chi connectivity index (χ0n) is 17.5. The average molecular weight is 375 g/mol. The van der Waals surface area contributed by atoms with Gasteiger partial charge in [-0.05, 0) is 56.9 Å². The van der Waals surface area contributed by atoms with Gasteiger partial charge in [0.1, 0.15) is 11.0 Å². The second-order valence-corrected chi connectivity index (χ2v) is 6.90. The van der Waals surface area contributed by atoms with Crippen molar-refractivity contribution in [2.24, 2.45) is 0 Å². The van der Waals surface area contributed by atoms with Crippen molar-refractivity contribution in [2.75, 3.05) is 26.2 Å². The zero-order chi connectivity index (χ0) is 19.5. The molecule has 0 aliphatic carbocycles. The number of benzene rings is 1. The molecule has 0 aliphatic rings. The van der Waals surface area contributed by atoms with E-state index in [1.165, 1.54) is 38.5 Å². The van der Waals surface area contributed by atoms with Crippen molar-refractivity contribution in [3.63, 3.8) is 0 Å². The summed E-state index contributed by atoms with van der Waals surface area (Å²) in [6.45, 7) is 12.6. The predicted molar refractivity (Wildman–Crippen MR) is 111 cm³/mol. The fourth-order valence-electron chi connectivity index (χ4n) is 3.21. The van der Waals surface area contributed by atoms with Gasteiger partial charge in [0.15, 0.2) is 0 Å². The molecular weight excluding hydrogens is 338 g/mol. The number of para-hydroxylation sites is 1. The monoisotopic (exact) mass is 374 g/mol. The molecule has 0 N–H and O–H groups in total. The lowest BCUT2D eigenvalue weighted by atomic mass is 10.2. The van der Waals surface area contributed by atoms with Crippen molar-refractivity contribution in [1.82, 2.24) is 20.1 Å². The number of hydrogen-bond donors (Lipinski definition) is 0. The van der Waals surface area contributed by atoms with E-state index in [1.807, 2.05) is 24.3 Å². The molecular formula is C21H36N5O+. The van der Waals surface area contributed by atoms with Crippen molar-refractivity contribution in [3.8, 4) is 0 Å². The Hall–Kier alpha value is -2.11. The summed E-state index contributed by atoms with van der Waals surface area (Å²) in [7, 11) is 0. The Kier molecular flexibility index (Phi) is 9.08. The number of nitrogens with zero attached hydrogens (tertiary/aromatic N) is 5. The summed E-state index contributed by atoms with van der Waals surface area (Å²) < 4.78 is 2.40. The quantitative estimate of drug-likeness (QED) is 0.259. The first-order valence-corrected chi connectivity index (χ1v) is 10.6. The maximum absolute atomic E-state index is 6.35. The van der Waals surface area contributed by atoms with Crippen LogP contribution < -0.4 is 4.84 Å². The maximum atomic E-state index is 6.35. The number of fused-ring (bicyclic) bond motifs is 1. The van der Waals surface area contributed by atoms with Crippen LogP contribution in [-0.4, -0.2) is 56.8 Å². The van der Waals surface area contributed by atoms with Crippen LogP contribution >= 0.6 is 0 Å². The van der Waals surface area contributed by atoms with E-state index in [4.69, 9.17) is 4.84 Å². The summed E-state index contributed by atoms with van der Waals surface area (Å²) in [6, 6.07) is 8.80. The first kappa shape index (κ1) is 21.2. The van der Waals surface area contributed by atoms with E-state index >= 15 is 0 Å². The molecule has 0 fully saturated rings. The number of aromatic nitrogens is 3. The molecule has 0 bridgehead atoms. The molecule has 0 spiro atoms. The van der Waals surface area contributed by atoms with E-state index in [0.717, 1.165) is 43.2 Å². The SMILES string of the molecule is CCCCC[N+](CCCCC)=C(On1nnc2ccccc21)N(CC)CC. The number of unbranched alkanes of at least 4 members (excludes halogenated alkanes) is 4. The Morgan fingerprint density at radius 3 is 2.19 bits per heavy atom. The molecule has 27 heavy (non-hydrogen) atoms. The van der Waals surface area contributed by atoms with Gasteiger partial charge in [-0.3, -0.25) is 4.84 Å². The molecule has 0 saturated carbocycles. The topological polar surface area (TPSA) is 46.2 Å². The van der Waals surface area contributed by atoms with Gasteiger partial charge in [0.2, 0.25) is 0 Å². The Balaban J connectivity index is 2.35. The highest BCUT2D eigenvalue weighted by atomic mass is 16.7.